The minimum atomic E-state index is -4.87. The first-order chi connectivity index (χ1) is 13.3. The van der Waals surface area contributed by atoms with Gasteiger partial charge in [0.05, 0.1) is 16.8 Å². The van der Waals surface area contributed by atoms with Gasteiger partial charge in [-0.1, -0.05) is 0 Å². The van der Waals surface area contributed by atoms with Crippen LogP contribution in [-0.4, -0.2) is 26.0 Å². The average Bonchev–Trinajstić information content (AvgIpc) is 2.89. The SMILES string of the molecule is CC[S+]([O-])c1cc(C(F)(F)F)cnc1C1=Nc2cc(C(F)(F)F)cnc2C1(F)F. The van der Waals surface area contributed by atoms with Crippen LogP contribution in [0.1, 0.15) is 29.4 Å². The molecule has 0 radical (unpaired) electrons. The van der Waals surface area contributed by atoms with Crippen molar-refractivity contribution in [3.8, 4) is 0 Å². The van der Waals surface area contributed by atoms with Gasteiger partial charge in [0, 0.05) is 18.5 Å². The molecule has 1 atom stereocenters. The zero-order chi connectivity index (χ0) is 21.8. The van der Waals surface area contributed by atoms with Gasteiger partial charge in [0.15, 0.2) is 4.90 Å². The number of halogens is 8. The summed E-state index contributed by atoms with van der Waals surface area (Å²) in [5.74, 6) is -4.25. The van der Waals surface area contributed by atoms with E-state index in [0.29, 0.717) is 12.1 Å². The molecule has 29 heavy (non-hydrogen) atoms. The summed E-state index contributed by atoms with van der Waals surface area (Å²) >= 11 is -2.14. The fourth-order valence-corrected chi connectivity index (χ4v) is 3.48. The minimum Gasteiger partial charge on any atom is -0.611 e. The Bertz CT molecular complexity index is 987. The van der Waals surface area contributed by atoms with Crippen LogP contribution in [0.5, 0.6) is 0 Å². The molecule has 1 unspecified atom stereocenters. The molecule has 4 nitrogen and oxygen atoms in total. The maximum absolute atomic E-state index is 14.8. The summed E-state index contributed by atoms with van der Waals surface area (Å²) in [6.07, 6.45) is -9.26. The van der Waals surface area contributed by atoms with Crippen LogP contribution < -0.4 is 0 Å². The number of hydrogen-bond acceptors (Lipinski definition) is 4. The third-order valence-corrected chi connectivity index (χ3v) is 5.26. The highest BCUT2D eigenvalue weighted by molar-refractivity contribution is 7.91. The zero-order valence-electron chi connectivity index (χ0n) is 14.2. The largest absolute Gasteiger partial charge is 0.611 e. The number of aromatic nitrogens is 2. The first-order valence-corrected chi connectivity index (χ1v) is 9.09. The van der Waals surface area contributed by atoms with Crippen molar-refractivity contribution in [1.82, 2.24) is 9.97 Å². The average molecular weight is 443 g/mol. The van der Waals surface area contributed by atoms with Crippen molar-refractivity contribution in [3.05, 3.63) is 47.0 Å². The fourth-order valence-electron chi connectivity index (χ4n) is 2.55. The molecule has 0 aliphatic carbocycles. The molecule has 0 aromatic carbocycles. The maximum Gasteiger partial charge on any atom is 0.418 e. The van der Waals surface area contributed by atoms with E-state index in [1.807, 2.05) is 0 Å². The van der Waals surface area contributed by atoms with Crippen molar-refractivity contribution in [2.75, 3.05) is 5.75 Å². The zero-order valence-corrected chi connectivity index (χ0v) is 15.0. The highest BCUT2D eigenvalue weighted by atomic mass is 32.2. The van der Waals surface area contributed by atoms with Gasteiger partial charge in [-0.3, -0.25) is 4.98 Å². The molecular weight excluding hydrogens is 434 g/mol. The number of aliphatic imine (C=N–C) groups is 1. The highest BCUT2D eigenvalue weighted by Gasteiger charge is 2.50. The summed E-state index contributed by atoms with van der Waals surface area (Å²) in [6, 6.07) is 0.766. The number of nitrogens with zero attached hydrogens (tertiary/aromatic N) is 3. The second kappa shape index (κ2) is 6.90. The van der Waals surface area contributed by atoms with Crippen molar-refractivity contribution in [1.29, 1.82) is 0 Å². The van der Waals surface area contributed by atoms with Gasteiger partial charge in [0.25, 0.3) is 0 Å². The smallest absolute Gasteiger partial charge is 0.418 e. The van der Waals surface area contributed by atoms with Gasteiger partial charge in [-0.2, -0.15) is 35.1 Å². The molecule has 2 aromatic rings. The fraction of sp³-hybridized carbons (Fsp3) is 0.312. The number of fused-ring (bicyclic) bond motifs is 1. The lowest BCUT2D eigenvalue weighted by atomic mass is 10.1. The molecular formula is C16H9F8N3OS. The van der Waals surface area contributed by atoms with Crippen LogP contribution >= 0.6 is 0 Å². The van der Waals surface area contributed by atoms with Crippen LogP contribution in [0.3, 0.4) is 0 Å². The summed E-state index contributed by atoms with van der Waals surface area (Å²) in [7, 11) is 0. The molecule has 0 N–H and O–H groups in total. The van der Waals surface area contributed by atoms with E-state index >= 15 is 0 Å². The molecule has 0 spiro atoms. The van der Waals surface area contributed by atoms with E-state index in [1.54, 1.807) is 0 Å². The Morgan fingerprint density at radius 2 is 1.52 bits per heavy atom. The third-order valence-electron chi connectivity index (χ3n) is 3.93. The predicted molar refractivity (Wildman–Crippen MR) is 85.5 cm³/mol. The summed E-state index contributed by atoms with van der Waals surface area (Å²) < 4.78 is 119. The Balaban J connectivity index is 2.19. The van der Waals surface area contributed by atoms with Gasteiger partial charge in [0.2, 0.25) is 0 Å². The quantitative estimate of drug-likeness (QED) is 0.503. The number of alkyl halides is 8. The van der Waals surface area contributed by atoms with Crippen LogP contribution in [0.15, 0.2) is 34.4 Å². The van der Waals surface area contributed by atoms with Crippen LogP contribution in [-0.2, 0) is 29.5 Å². The Labute approximate surface area is 160 Å². The number of hydrogen-bond donors (Lipinski definition) is 0. The molecule has 0 amide bonds. The lowest BCUT2D eigenvalue weighted by molar-refractivity contribution is -0.138. The Hall–Kier alpha value is -2.28. The van der Waals surface area contributed by atoms with Gasteiger partial charge in [-0.15, -0.1) is 0 Å². The van der Waals surface area contributed by atoms with Crippen LogP contribution in [0.25, 0.3) is 0 Å². The topological polar surface area (TPSA) is 61.2 Å². The maximum atomic E-state index is 14.8. The second-order valence-electron chi connectivity index (χ2n) is 5.83. The molecule has 0 fully saturated rings. The van der Waals surface area contributed by atoms with Crippen molar-refractivity contribution < 1.29 is 39.7 Å². The molecule has 2 aromatic heterocycles. The Morgan fingerprint density at radius 3 is 2.07 bits per heavy atom. The summed E-state index contributed by atoms with van der Waals surface area (Å²) in [5, 5.41) is 0. The van der Waals surface area contributed by atoms with E-state index in [2.05, 4.69) is 15.0 Å². The van der Waals surface area contributed by atoms with Crippen LogP contribution in [0, 0.1) is 0 Å². The number of pyridine rings is 2. The van der Waals surface area contributed by atoms with E-state index in [4.69, 9.17) is 0 Å². The molecule has 0 bridgehead atoms. The molecule has 156 valence electrons. The molecule has 1 aliphatic rings. The lowest BCUT2D eigenvalue weighted by Gasteiger charge is -2.17. The summed E-state index contributed by atoms with van der Waals surface area (Å²) in [6.45, 7) is 1.35. The predicted octanol–water partition coefficient (Wildman–Crippen LogP) is 4.87. The van der Waals surface area contributed by atoms with Gasteiger partial charge >= 0.3 is 18.3 Å². The number of rotatable bonds is 3. The molecule has 13 heteroatoms. The Morgan fingerprint density at radius 1 is 0.966 bits per heavy atom. The van der Waals surface area contributed by atoms with E-state index in [-0.39, 0.29) is 18.1 Å². The first-order valence-electron chi connectivity index (χ1n) is 7.77. The van der Waals surface area contributed by atoms with E-state index in [0.717, 1.165) is 0 Å². The van der Waals surface area contributed by atoms with E-state index in [1.165, 1.54) is 6.92 Å². The minimum absolute atomic E-state index is 0.205. The first kappa shape index (κ1) is 21.4. The summed E-state index contributed by atoms with van der Waals surface area (Å²) in [5.41, 5.74) is -6.55. The van der Waals surface area contributed by atoms with Gasteiger partial charge in [-0.05, 0) is 24.2 Å². The summed E-state index contributed by atoms with van der Waals surface area (Å²) in [4.78, 5) is 9.31. The van der Waals surface area contributed by atoms with Crippen molar-refractivity contribution in [2.24, 2.45) is 4.99 Å². The lowest BCUT2D eigenvalue weighted by Crippen LogP contribution is -2.28. The van der Waals surface area contributed by atoms with Gasteiger partial charge < -0.3 is 4.55 Å². The van der Waals surface area contributed by atoms with E-state index < -0.39 is 68.3 Å². The van der Waals surface area contributed by atoms with Gasteiger partial charge in [-0.25, -0.2) is 9.98 Å². The normalized spacial score (nSPS) is 17.1. The van der Waals surface area contributed by atoms with Crippen molar-refractivity contribution in [2.45, 2.75) is 30.1 Å². The van der Waals surface area contributed by atoms with Crippen molar-refractivity contribution in [3.63, 3.8) is 0 Å². The third kappa shape index (κ3) is 3.80. The van der Waals surface area contributed by atoms with Crippen LogP contribution in [0.2, 0.25) is 0 Å². The van der Waals surface area contributed by atoms with E-state index in [9.17, 15) is 39.7 Å². The Kier molecular flexibility index (Phi) is 5.10. The highest BCUT2D eigenvalue weighted by Crippen LogP contribution is 2.46. The van der Waals surface area contributed by atoms with Gasteiger partial charge in [0.1, 0.15) is 22.9 Å². The van der Waals surface area contributed by atoms with Crippen LogP contribution in [0.4, 0.5) is 40.8 Å². The molecule has 1 aliphatic heterocycles. The van der Waals surface area contributed by atoms with Crippen molar-refractivity contribution >= 4 is 22.6 Å². The standard InChI is InChI=1S/C16H9F8N3OS/c1-2-29(28)10-4-8(16(22,23)24)5-25-11(10)13-14(17,18)12-9(27-13)3-7(6-26-12)15(19,20)21/h3-6H,2H2,1H3. The molecule has 0 saturated carbocycles. The molecule has 0 saturated heterocycles. The molecule has 3 rings (SSSR count). The monoisotopic (exact) mass is 443 g/mol. The molecule has 3 heterocycles. The second-order valence-corrected chi connectivity index (χ2v) is 7.54.